The number of ether oxygens (including phenoxy) is 1. The average Bonchev–Trinajstić information content (AvgIpc) is 1.83. The van der Waals surface area contributed by atoms with Crippen molar-refractivity contribution in [3.63, 3.8) is 0 Å². The lowest BCUT2D eigenvalue weighted by atomic mass is 10.9. The molecule has 0 spiro atoms. The molecule has 0 aromatic heterocycles. The Kier molecular flexibility index (Phi) is 5.18. The standard InChI is InChI=1S/C4H10O3P/c1-6-3-4-8(5)7-2/h3-4H2,1-2H3/q+1. The summed E-state index contributed by atoms with van der Waals surface area (Å²) in [5.74, 6) is 0. The van der Waals surface area contributed by atoms with E-state index >= 15 is 0 Å². The van der Waals surface area contributed by atoms with Crippen molar-refractivity contribution in [2.24, 2.45) is 0 Å². The first kappa shape index (κ1) is 8.02. The maximum atomic E-state index is 10.4. The number of methoxy groups -OCH3 is 1. The molecule has 8 heavy (non-hydrogen) atoms. The maximum absolute atomic E-state index is 10.4. The molecule has 0 aliphatic rings. The molecule has 3 nitrogen and oxygen atoms in total. The SMILES string of the molecule is COCC[P+](=O)OC. The van der Waals surface area contributed by atoms with Crippen LogP contribution in [0, 0.1) is 0 Å². The normalized spacial score (nSPS) is 11.5. The van der Waals surface area contributed by atoms with Gasteiger partial charge in [0.05, 0.1) is 13.7 Å². The second-order valence-corrected chi connectivity index (χ2v) is 2.71. The fourth-order valence-electron chi connectivity index (χ4n) is 0.257. The van der Waals surface area contributed by atoms with Gasteiger partial charge in [-0.1, -0.05) is 0 Å². The molecular formula is C4H10O3P+. The lowest BCUT2D eigenvalue weighted by Gasteiger charge is -1.83. The summed E-state index contributed by atoms with van der Waals surface area (Å²) in [5.41, 5.74) is 0. The Hall–Kier alpha value is 0.0200. The van der Waals surface area contributed by atoms with Crippen LogP contribution in [-0.2, 0) is 13.8 Å². The van der Waals surface area contributed by atoms with Crippen LogP contribution in [0.4, 0.5) is 0 Å². The highest BCUT2D eigenvalue weighted by molar-refractivity contribution is 7.39. The molecule has 0 aromatic carbocycles. The van der Waals surface area contributed by atoms with E-state index in [4.69, 9.17) is 0 Å². The van der Waals surface area contributed by atoms with Gasteiger partial charge in [0, 0.05) is 7.11 Å². The van der Waals surface area contributed by atoms with Crippen LogP contribution in [0.2, 0.25) is 0 Å². The number of hydrogen-bond donors (Lipinski definition) is 0. The van der Waals surface area contributed by atoms with E-state index in [2.05, 4.69) is 9.26 Å². The zero-order chi connectivity index (χ0) is 6.41. The molecule has 0 saturated heterocycles. The third-order valence-corrected chi connectivity index (χ3v) is 1.64. The van der Waals surface area contributed by atoms with Crippen molar-refractivity contribution in [1.82, 2.24) is 0 Å². The monoisotopic (exact) mass is 137 g/mol. The largest absolute Gasteiger partial charge is 0.510 e. The minimum Gasteiger partial charge on any atom is -0.380 e. The van der Waals surface area contributed by atoms with Crippen LogP contribution in [0.25, 0.3) is 0 Å². The van der Waals surface area contributed by atoms with E-state index in [9.17, 15) is 4.57 Å². The van der Waals surface area contributed by atoms with E-state index in [1.807, 2.05) is 0 Å². The lowest BCUT2D eigenvalue weighted by molar-refractivity contribution is 0.215. The first-order valence-corrected chi connectivity index (χ1v) is 3.65. The molecule has 1 unspecified atom stereocenters. The van der Waals surface area contributed by atoms with E-state index in [1.165, 1.54) is 7.11 Å². The predicted molar refractivity (Wildman–Crippen MR) is 31.4 cm³/mol. The Labute approximate surface area is 49.9 Å². The minimum absolute atomic E-state index is 0.488. The van der Waals surface area contributed by atoms with Gasteiger partial charge in [0.1, 0.15) is 0 Å². The summed E-state index contributed by atoms with van der Waals surface area (Å²) in [6, 6.07) is 0. The summed E-state index contributed by atoms with van der Waals surface area (Å²) < 4.78 is 19.5. The van der Waals surface area contributed by atoms with Gasteiger partial charge in [0.25, 0.3) is 0 Å². The molecule has 0 saturated carbocycles. The van der Waals surface area contributed by atoms with Gasteiger partial charge in [-0.05, 0) is 4.57 Å². The van der Waals surface area contributed by atoms with Crippen molar-refractivity contribution in [2.75, 3.05) is 27.0 Å². The van der Waals surface area contributed by atoms with Crippen LogP contribution in [-0.4, -0.2) is 27.0 Å². The summed E-state index contributed by atoms with van der Waals surface area (Å²) in [4.78, 5) is 0. The third kappa shape index (κ3) is 4.19. The van der Waals surface area contributed by atoms with Gasteiger partial charge in [0.2, 0.25) is 6.16 Å². The molecule has 0 N–H and O–H groups in total. The predicted octanol–water partition coefficient (Wildman–Crippen LogP) is 1.02. The van der Waals surface area contributed by atoms with Crippen molar-refractivity contribution in [2.45, 2.75) is 0 Å². The third-order valence-electron chi connectivity index (χ3n) is 0.682. The molecule has 48 valence electrons. The second-order valence-electron chi connectivity index (χ2n) is 1.23. The zero-order valence-electron chi connectivity index (χ0n) is 5.09. The molecule has 1 atom stereocenters. The summed E-state index contributed by atoms with van der Waals surface area (Å²) >= 11 is 0. The molecule has 0 amide bonds. The first-order chi connectivity index (χ1) is 3.81. The molecule has 0 aliphatic carbocycles. The Morgan fingerprint density at radius 2 is 2.12 bits per heavy atom. The van der Waals surface area contributed by atoms with Crippen LogP contribution < -0.4 is 0 Å². The smallest absolute Gasteiger partial charge is 0.380 e. The van der Waals surface area contributed by atoms with E-state index in [0.29, 0.717) is 12.8 Å². The fourth-order valence-corrected chi connectivity index (χ4v) is 0.771. The van der Waals surface area contributed by atoms with Gasteiger partial charge in [-0.25, -0.2) is 0 Å². The van der Waals surface area contributed by atoms with Crippen molar-refractivity contribution < 1.29 is 13.8 Å². The van der Waals surface area contributed by atoms with Crippen LogP contribution in [0.3, 0.4) is 0 Å². The highest BCUT2D eigenvalue weighted by atomic mass is 31.1. The molecule has 0 radical (unpaired) electrons. The van der Waals surface area contributed by atoms with Crippen LogP contribution in [0.5, 0.6) is 0 Å². The summed E-state index contributed by atoms with van der Waals surface area (Å²) in [5, 5.41) is 0. The van der Waals surface area contributed by atoms with Crippen LogP contribution >= 0.6 is 8.03 Å². The van der Waals surface area contributed by atoms with Gasteiger partial charge < -0.3 is 4.74 Å². The van der Waals surface area contributed by atoms with Gasteiger partial charge >= 0.3 is 8.03 Å². The van der Waals surface area contributed by atoms with E-state index in [0.717, 1.165) is 0 Å². The van der Waals surface area contributed by atoms with Crippen molar-refractivity contribution in [1.29, 1.82) is 0 Å². The lowest BCUT2D eigenvalue weighted by Crippen LogP contribution is -1.90. The Morgan fingerprint density at radius 1 is 1.50 bits per heavy atom. The molecule has 0 rings (SSSR count). The number of hydrogen-bond acceptors (Lipinski definition) is 3. The summed E-state index contributed by atoms with van der Waals surface area (Å²) in [7, 11) is 1.53. The molecule has 0 aliphatic heterocycles. The van der Waals surface area contributed by atoms with Crippen LogP contribution in [0.1, 0.15) is 0 Å². The van der Waals surface area contributed by atoms with Gasteiger partial charge in [-0.3, -0.25) is 0 Å². The Bertz CT molecular complexity index is 73.7. The average molecular weight is 137 g/mol. The van der Waals surface area contributed by atoms with Crippen molar-refractivity contribution >= 4 is 8.03 Å². The van der Waals surface area contributed by atoms with E-state index in [-0.39, 0.29) is 0 Å². The second kappa shape index (κ2) is 5.16. The Morgan fingerprint density at radius 3 is 2.50 bits per heavy atom. The van der Waals surface area contributed by atoms with E-state index in [1.54, 1.807) is 7.11 Å². The highest BCUT2D eigenvalue weighted by Gasteiger charge is 2.11. The molecular weight excluding hydrogens is 127 g/mol. The molecule has 0 fully saturated rings. The molecule has 0 aromatic rings. The van der Waals surface area contributed by atoms with Crippen molar-refractivity contribution in [3.8, 4) is 0 Å². The zero-order valence-corrected chi connectivity index (χ0v) is 5.98. The summed E-state index contributed by atoms with van der Waals surface area (Å²) in [6.07, 6.45) is 0.488. The first-order valence-electron chi connectivity index (χ1n) is 2.29. The maximum Gasteiger partial charge on any atom is 0.510 e. The Balaban J connectivity index is 2.99. The topological polar surface area (TPSA) is 35.5 Å². The molecule has 4 heteroatoms. The quantitative estimate of drug-likeness (QED) is 0.542. The fraction of sp³-hybridized carbons (Fsp3) is 1.00. The highest BCUT2D eigenvalue weighted by Crippen LogP contribution is 2.18. The molecule has 0 bridgehead atoms. The van der Waals surface area contributed by atoms with Gasteiger partial charge in [-0.15, -0.1) is 4.52 Å². The van der Waals surface area contributed by atoms with Gasteiger partial charge in [0.15, 0.2) is 0 Å². The molecule has 0 heterocycles. The minimum atomic E-state index is -1.46. The van der Waals surface area contributed by atoms with Gasteiger partial charge in [-0.2, -0.15) is 0 Å². The van der Waals surface area contributed by atoms with E-state index < -0.39 is 8.03 Å². The number of rotatable bonds is 4. The summed E-state index contributed by atoms with van der Waals surface area (Å²) in [6.45, 7) is 0.503. The van der Waals surface area contributed by atoms with Crippen molar-refractivity contribution in [3.05, 3.63) is 0 Å². The van der Waals surface area contributed by atoms with Crippen LogP contribution in [0.15, 0.2) is 0 Å².